The van der Waals surface area contributed by atoms with E-state index in [9.17, 15) is 9.59 Å². The Hall–Kier alpha value is -1.77. The first-order chi connectivity index (χ1) is 13.6. The van der Waals surface area contributed by atoms with Gasteiger partial charge in [0.1, 0.15) is 5.75 Å². The summed E-state index contributed by atoms with van der Waals surface area (Å²) in [5.41, 5.74) is 7.12. The number of thioether (sulfide) groups is 3. The minimum absolute atomic E-state index is 0.0822. The summed E-state index contributed by atoms with van der Waals surface area (Å²) < 4.78 is 6.10. The lowest BCUT2D eigenvalue weighted by Crippen LogP contribution is -2.20. The summed E-state index contributed by atoms with van der Waals surface area (Å²) >= 11 is 5.24. The Morgan fingerprint density at radius 2 is 1.82 bits per heavy atom. The van der Waals surface area contributed by atoms with Crippen LogP contribution < -0.4 is 15.8 Å². The first-order valence-electron chi connectivity index (χ1n) is 8.88. The van der Waals surface area contributed by atoms with E-state index in [1.54, 1.807) is 6.07 Å². The first-order valence-corrected chi connectivity index (χ1v) is 12.0. The van der Waals surface area contributed by atoms with Gasteiger partial charge in [-0.2, -0.15) is 0 Å². The summed E-state index contributed by atoms with van der Waals surface area (Å²) in [6.45, 7) is -0.0822. The highest BCUT2D eigenvalue weighted by Gasteiger charge is 2.16. The molecule has 0 spiro atoms. The molecule has 3 rings (SSSR count). The number of primary amides is 1. The molecule has 2 aromatic rings. The monoisotopic (exact) mass is 434 g/mol. The lowest BCUT2D eigenvalue weighted by Gasteiger charge is -2.21. The van der Waals surface area contributed by atoms with E-state index in [1.807, 2.05) is 53.9 Å². The molecule has 8 heteroatoms. The predicted molar refractivity (Wildman–Crippen MR) is 119 cm³/mol. The van der Waals surface area contributed by atoms with Gasteiger partial charge in [-0.25, -0.2) is 0 Å². The molecule has 148 valence electrons. The highest BCUT2D eigenvalue weighted by atomic mass is 32.2. The fourth-order valence-corrected chi connectivity index (χ4v) is 6.22. The van der Waals surface area contributed by atoms with Gasteiger partial charge in [-0.05, 0) is 47.8 Å². The predicted octanol–water partition coefficient (Wildman–Crippen LogP) is 4.15. The smallest absolute Gasteiger partial charge is 0.262 e. The van der Waals surface area contributed by atoms with E-state index in [1.165, 1.54) is 35.3 Å². The highest BCUT2D eigenvalue weighted by molar-refractivity contribution is 8.16. The lowest BCUT2D eigenvalue weighted by atomic mass is 10.2. The number of ether oxygens (including phenoxy) is 1. The Labute approximate surface area is 177 Å². The van der Waals surface area contributed by atoms with Gasteiger partial charge in [0.05, 0.1) is 16.0 Å². The number of hydrogen-bond acceptors (Lipinski definition) is 6. The van der Waals surface area contributed by atoms with Crippen molar-refractivity contribution < 1.29 is 14.3 Å². The SMILES string of the molecule is NC(=O)CSc1ccccc1NC(=O)COc1ccc(C2SCCCS2)cc1. The number of anilines is 1. The maximum Gasteiger partial charge on any atom is 0.262 e. The molecule has 5 nitrogen and oxygen atoms in total. The lowest BCUT2D eigenvalue weighted by molar-refractivity contribution is -0.118. The van der Waals surface area contributed by atoms with E-state index in [4.69, 9.17) is 10.5 Å². The van der Waals surface area contributed by atoms with Crippen LogP contribution in [0.2, 0.25) is 0 Å². The number of amides is 2. The van der Waals surface area contributed by atoms with Crippen molar-refractivity contribution in [3.05, 3.63) is 54.1 Å². The molecule has 3 N–H and O–H groups in total. The summed E-state index contributed by atoms with van der Waals surface area (Å²) in [5, 5.41) is 2.82. The van der Waals surface area contributed by atoms with E-state index in [0.29, 0.717) is 16.0 Å². The minimum Gasteiger partial charge on any atom is -0.484 e. The van der Waals surface area contributed by atoms with Gasteiger partial charge in [-0.3, -0.25) is 9.59 Å². The molecule has 1 heterocycles. The molecule has 2 amide bonds. The number of carbonyl (C=O) groups excluding carboxylic acids is 2. The summed E-state index contributed by atoms with van der Waals surface area (Å²) in [6, 6.07) is 15.3. The maximum atomic E-state index is 12.2. The fraction of sp³-hybridized carbons (Fsp3) is 0.300. The van der Waals surface area contributed by atoms with Crippen LogP contribution in [-0.4, -0.2) is 35.7 Å². The van der Waals surface area contributed by atoms with Crippen LogP contribution in [-0.2, 0) is 9.59 Å². The third-order valence-corrected chi connectivity index (χ3v) is 7.99. The zero-order chi connectivity index (χ0) is 19.8. The topological polar surface area (TPSA) is 81.4 Å². The maximum absolute atomic E-state index is 12.2. The third-order valence-electron chi connectivity index (χ3n) is 3.88. The van der Waals surface area contributed by atoms with E-state index in [0.717, 1.165) is 4.90 Å². The van der Waals surface area contributed by atoms with Crippen LogP contribution in [0.3, 0.4) is 0 Å². The Kier molecular flexibility index (Phi) is 8.00. The second kappa shape index (κ2) is 10.7. The Morgan fingerprint density at radius 3 is 2.54 bits per heavy atom. The Bertz CT molecular complexity index is 809. The summed E-state index contributed by atoms with van der Waals surface area (Å²) in [4.78, 5) is 24.0. The van der Waals surface area contributed by atoms with E-state index >= 15 is 0 Å². The van der Waals surface area contributed by atoms with Gasteiger partial charge < -0.3 is 15.8 Å². The van der Waals surface area contributed by atoms with Crippen LogP contribution in [0, 0.1) is 0 Å². The second-order valence-corrected chi connectivity index (χ2v) is 9.83. The molecule has 1 aliphatic heterocycles. The van der Waals surface area contributed by atoms with E-state index in [2.05, 4.69) is 17.4 Å². The van der Waals surface area contributed by atoms with E-state index < -0.39 is 5.91 Å². The summed E-state index contributed by atoms with van der Waals surface area (Å²) in [7, 11) is 0. The molecule has 0 aliphatic carbocycles. The van der Waals surface area contributed by atoms with Crippen LogP contribution in [0.5, 0.6) is 5.75 Å². The second-order valence-electron chi connectivity index (χ2n) is 6.08. The van der Waals surface area contributed by atoms with Crippen molar-refractivity contribution in [2.24, 2.45) is 5.73 Å². The van der Waals surface area contributed by atoms with E-state index in [-0.39, 0.29) is 18.3 Å². The number of benzene rings is 2. The molecule has 0 radical (unpaired) electrons. The minimum atomic E-state index is -0.400. The fourth-order valence-electron chi connectivity index (χ4n) is 2.58. The quantitative estimate of drug-likeness (QED) is 0.608. The van der Waals surface area contributed by atoms with Crippen LogP contribution in [0.25, 0.3) is 0 Å². The van der Waals surface area contributed by atoms with Crippen molar-refractivity contribution in [1.29, 1.82) is 0 Å². The largest absolute Gasteiger partial charge is 0.484 e. The van der Waals surface area contributed by atoms with Crippen molar-refractivity contribution in [2.75, 3.05) is 29.2 Å². The van der Waals surface area contributed by atoms with Crippen LogP contribution in [0.15, 0.2) is 53.4 Å². The van der Waals surface area contributed by atoms with Crippen LogP contribution in [0.1, 0.15) is 16.6 Å². The number of rotatable bonds is 8. The third kappa shape index (κ3) is 6.39. The number of nitrogens with one attached hydrogen (secondary N) is 1. The molecule has 1 fully saturated rings. The zero-order valence-corrected chi connectivity index (χ0v) is 17.7. The highest BCUT2D eigenvalue weighted by Crippen LogP contribution is 2.43. The average molecular weight is 435 g/mol. The van der Waals surface area contributed by atoms with Crippen molar-refractivity contribution in [1.82, 2.24) is 0 Å². The number of para-hydroxylation sites is 1. The van der Waals surface area contributed by atoms with Gasteiger partial charge >= 0.3 is 0 Å². The molecule has 0 atom stereocenters. The molecule has 0 unspecified atom stereocenters. The molecule has 0 bridgehead atoms. The van der Waals surface area contributed by atoms with Gasteiger partial charge in [-0.1, -0.05) is 24.3 Å². The van der Waals surface area contributed by atoms with Crippen molar-refractivity contribution in [2.45, 2.75) is 15.9 Å². The molecule has 2 aromatic carbocycles. The summed E-state index contributed by atoms with van der Waals surface area (Å²) in [5.74, 6) is 2.58. The van der Waals surface area contributed by atoms with Crippen molar-refractivity contribution in [3.63, 3.8) is 0 Å². The normalized spacial score (nSPS) is 14.4. The van der Waals surface area contributed by atoms with Gasteiger partial charge in [0.2, 0.25) is 5.91 Å². The zero-order valence-electron chi connectivity index (χ0n) is 15.3. The first kappa shape index (κ1) is 21.0. The molecular formula is C20H22N2O3S3. The van der Waals surface area contributed by atoms with Crippen molar-refractivity contribution >= 4 is 52.8 Å². The molecule has 1 aliphatic rings. The number of hydrogen-bond donors (Lipinski definition) is 2. The average Bonchev–Trinajstić information content (AvgIpc) is 2.72. The van der Waals surface area contributed by atoms with Crippen LogP contribution >= 0.6 is 35.3 Å². The van der Waals surface area contributed by atoms with Gasteiger partial charge in [0.15, 0.2) is 6.61 Å². The van der Waals surface area contributed by atoms with Gasteiger partial charge in [0, 0.05) is 4.90 Å². The molecule has 28 heavy (non-hydrogen) atoms. The molecule has 0 aromatic heterocycles. The molecule has 1 saturated heterocycles. The number of carbonyl (C=O) groups is 2. The van der Waals surface area contributed by atoms with Crippen LogP contribution in [0.4, 0.5) is 5.69 Å². The molecule has 0 saturated carbocycles. The van der Waals surface area contributed by atoms with Gasteiger partial charge in [-0.15, -0.1) is 35.3 Å². The standard InChI is InChI=1S/C20H22N2O3S3/c21-18(23)13-28-17-5-2-1-4-16(17)22-19(24)12-25-15-8-6-14(7-9-15)20-26-10-3-11-27-20/h1-2,4-9,20H,3,10-13H2,(H2,21,23)(H,22,24). The Morgan fingerprint density at radius 1 is 1.11 bits per heavy atom. The summed E-state index contributed by atoms with van der Waals surface area (Å²) in [6.07, 6.45) is 1.27. The Balaban J connectivity index is 1.51. The van der Waals surface area contributed by atoms with Crippen molar-refractivity contribution in [3.8, 4) is 5.75 Å². The van der Waals surface area contributed by atoms with Gasteiger partial charge in [0.25, 0.3) is 5.91 Å². The number of nitrogens with two attached hydrogens (primary N) is 1. The molecular weight excluding hydrogens is 412 g/mol.